The van der Waals surface area contributed by atoms with E-state index in [2.05, 4.69) is 9.97 Å². The number of carbonyl (C=O) groups is 1. The van der Waals surface area contributed by atoms with Gasteiger partial charge < -0.3 is 9.72 Å². The molecule has 0 aromatic carbocycles. The molecule has 0 spiro atoms. The normalized spacial score (nSPS) is 11.7. The molecule has 0 aliphatic carbocycles. The minimum absolute atomic E-state index is 0.0237. The highest BCUT2D eigenvalue weighted by Gasteiger charge is 2.12. The van der Waals surface area contributed by atoms with Gasteiger partial charge in [0.2, 0.25) is 0 Å². The monoisotopic (exact) mass is 269 g/mol. The third kappa shape index (κ3) is 2.69. The number of nitriles is 1. The number of carbonyl (C=O) groups excluding carboxylic acids is 1. The standard InChI is InChI=1S/C15H15N3O2/c1-9(2)20-13-4-5-17-15-14(13)12(8-18-15)6-11(7-16)10(3)19/h4-6,8-9H,1-3H3,(H,17,18). The topological polar surface area (TPSA) is 78.8 Å². The number of ketones is 1. The lowest BCUT2D eigenvalue weighted by atomic mass is 10.1. The van der Waals surface area contributed by atoms with E-state index in [-0.39, 0.29) is 17.5 Å². The second-order valence-corrected chi connectivity index (χ2v) is 4.67. The van der Waals surface area contributed by atoms with Crippen LogP contribution < -0.4 is 4.74 Å². The van der Waals surface area contributed by atoms with Gasteiger partial charge >= 0.3 is 0 Å². The zero-order chi connectivity index (χ0) is 14.7. The Morgan fingerprint density at radius 1 is 1.55 bits per heavy atom. The van der Waals surface area contributed by atoms with Gasteiger partial charge in [0.05, 0.1) is 17.1 Å². The zero-order valence-electron chi connectivity index (χ0n) is 11.6. The number of pyridine rings is 1. The summed E-state index contributed by atoms with van der Waals surface area (Å²) in [6.45, 7) is 5.24. The first-order valence-corrected chi connectivity index (χ1v) is 6.28. The summed E-state index contributed by atoms with van der Waals surface area (Å²) < 4.78 is 5.75. The molecule has 0 aliphatic rings. The van der Waals surface area contributed by atoms with Crippen LogP contribution in [0.15, 0.2) is 24.0 Å². The van der Waals surface area contributed by atoms with Crippen molar-refractivity contribution in [2.45, 2.75) is 26.9 Å². The van der Waals surface area contributed by atoms with E-state index in [4.69, 9.17) is 10.00 Å². The van der Waals surface area contributed by atoms with Gasteiger partial charge in [-0.3, -0.25) is 4.79 Å². The van der Waals surface area contributed by atoms with E-state index in [0.717, 1.165) is 10.9 Å². The average Bonchev–Trinajstić information content (AvgIpc) is 2.79. The van der Waals surface area contributed by atoms with Crippen molar-refractivity contribution in [1.82, 2.24) is 9.97 Å². The van der Waals surface area contributed by atoms with E-state index < -0.39 is 0 Å². The summed E-state index contributed by atoms with van der Waals surface area (Å²) in [5.41, 5.74) is 1.48. The smallest absolute Gasteiger partial charge is 0.170 e. The van der Waals surface area contributed by atoms with Gasteiger partial charge in [0.1, 0.15) is 17.5 Å². The molecular weight excluding hydrogens is 254 g/mol. The predicted molar refractivity (Wildman–Crippen MR) is 76.1 cm³/mol. The van der Waals surface area contributed by atoms with Gasteiger partial charge in [-0.05, 0) is 32.9 Å². The molecule has 2 aromatic rings. The van der Waals surface area contributed by atoms with Crippen LogP contribution in [0.3, 0.4) is 0 Å². The molecule has 0 amide bonds. The Labute approximate surface area is 116 Å². The first-order valence-electron chi connectivity index (χ1n) is 6.28. The number of rotatable bonds is 4. The van der Waals surface area contributed by atoms with Crippen LogP contribution in [0, 0.1) is 11.3 Å². The fourth-order valence-corrected chi connectivity index (χ4v) is 1.88. The van der Waals surface area contributed by atoms with Crippen LogP contribution >= 0.6 is 0 Å². The molecule has 0 saturated carbocycles. The van der Waals surface area contributed by atoms with Crippen molar-refractivity contribution < 1.29 is 9.53 Å². The number of hydrogen-bond donors (Lipinski definition) is 1. The second-order valence-electron chi connectivity index (χ2n) is 4.67. The number of hydrogen-bond acceptors (Lipinski definition) is 4. The minimum atomic E-state index is -0.267. The van der Waals surface area contributed by atoms with Crippen LogP contribution in [0.1, 0.15) is 26.3 Å². The average molecular weight is 269 g/mol. The van der Waals surface area contributed by atoms with Gasteiger partial charge in [-0.15, -0.1) is 0 Å². The van der Waals surface area contributed by atoms with Crippen molar-refractivity contribution in [2.75, 3.05) is 0 Å². The van der Waals surface area contributed by atoms with Gasteiger partial charge in [0.15, 0.2) is 5.78 Å². The number of aromatic nitrogens is 2. The van der Waals surface area contributed by atoms with Crippen LogP contribution in [0.5, 0.6) is 5.75 Å². The van der Waals surface area contributed by atoms with Gasteiger partial charge in [-0.25, -0.2) is 4.98 Å². The number of ether oxygens (including phenoxy) is 1. The highest BCUT2D eigenvalue weighted by atomic mass is 16.5. The fraction of sp³-hybridized carbons (Fsp3) is 0.267. The highest BCUT2D eigenvalue weighted by Crippen LogP contribution is 2.29. The van der Waals surface area contributed by atoms with E-state index in [9.17, 15) is 4.79 Å². The maximum atomic E-state index is 11.4. The number of H-pyrrole nitrogens is 1. The fourth-order valence-electron chi connectivity index (χ4n) is 1.88. The number of aromatic amines is 1. The highest BCUT2D eigenvalue weighted by molar-refractivity contribution is 6.04. The first kappa shape index (κ1) is 13.8. The lowest BCUT2D eigenvalue weighted by Crippen LogP contribution is -2.06. The lowest BCUT2D eigenvalue weighted by molar-refractivity contribution is -0.113. The maximum absolute atomic E-state index is 11.4. The van der Waals surface area contributed by atoms with Gasteiger partial charge in [-0.2, -0.15) is 5.26 Å². The number of Topliss-reactive ketones (excluding diaryl/α,β-unsaturated/α-hetero) is 1. The van der Waals surface area contributed by atoms with Crippen LogP contribution in [0.4, 0.5) is 0 Å². The molecule has 0 atom stereocenters. The van der Waals surface area contributed by atoms with E-state index in [0.29, 0.717) is 11.4 Å². The number of nitrogens with zero attached hydrogens (tertiary/aromatic N) is 2. The SMILES string of the molecule is CC(=O)C(C#N)=Cc1c[nH]c2nccc(OC(C)C)c12. The molecule has 0 radical (unpaired) electrons. The largest absolute Gasteiger partial charge is 0.490 e. The van der Waals surface area contributed by atoms with Crippen molar-refractivity contribution in [2.24, 2.45) is 0 Å². The van der Waals surface area contributed by atoms with E-state index in [1.54, 1.807) is 24.5 Å². The number of fused-ring (bicyclic) bond motifs is 1. The summed E-state index contributed by atoms with van der Waals surface area (Å²) in [6, 6.07) is 3.67. The Morgan fingerprint density at radius 2 is 2.30 bits per heavy atom. The van der Waals surface area contributed by atoms with Gasteiger partial charge in [-0.1, -0.05) is 0 Å². The quantitative estimate of drug-likeness (QED) is 0.683. The van der Waals surface area contributed by atoms with Gasteiger partial charge in [0.25, 0.3) is 0 Å². The van der Waals surface area contributed by atoms with Gasteiger partial charge in [0, 0.05) is 18.0 Å². The van der Waals surface area contributed by atoms with E-state index >= 15 is 0 Å². The van der Waals surface area contributed by atoms with Crippen LogP contribution in [0.2, 0.25) is 0 Å². The Bertz CT molecular complexity index is 720. The molecule has 0 saturated heterocycles. The Hall–Kier alpha value is -2.61. The minimum Gasteiger partial charge on any atom is -0.490 e. The first-order chi connectivity index (χ1) is 9.52. The third-order valence-corrected chi connectivity index (χ3v) is 2.73. The molecule has 0 fully saturated rings. The molecule has 2 rings (SSSR count). The summed E-state index contributed by atoms with van der Waals surface area (Å²) in [4.78, 5) is 18.6. The summed E-state index contributed by atoms with van der Waals surface area (Å²) in [6.07, 6.45) is 4.94. The van der Waals surface area contributed by atoms with Crippen LogP contribution in [-0.2, 0) is 4.79 Å². The molecule has 5 nitrogen and oxygen atoms in total. The van der Waals surface area contributed by atoms with Crippen LogP contribution in [0.25, 0.3) is 17.1 Å². The number of nitrogens with one attached hydrogen (secondary N) is 1. The molecule has 0 bridgehead atoms. The van der Waals surface area contributed by atoms with Crippen LogP contribution in [-0.4, -0.2) is 21.9 Å². The summed E-state index contributed by atoms with van der Waals surface area (Å²) in [5, 5.41) is 9.76. The third-order valence-electron chi connectivity index (χ3n) is 2.73. The van der Waals surface area contributed by atoms with E-state index in [1.807, 2.05) is 19.9 Å². The predicted octanol–water partition coefficient (Wildman–Crippen LogP) is 2.85. The molecule has 1 N–H and O–H groups in total. The Morgan fingerprint density at radius 3 is 2.90 bits per heavy atom. The van der Waals surface area contributed by atoms with Crippen molar-refractivity contribution in [1.29, 1.82) is 5.26 Å². The molecule has 5 heteroatoms. The van der Waals surface area contributed by atoms with Crippen molar-refractivity contribution in [3.05, 3.63) is 29.6 Å². The summed E-state index contributed by atoms with van der Waals surface area (Å²) in [5.74, 6) is 0.412. The molecule has 0 unspecified atom stereocenters. The van der Waals surface area contributed by atoms with Crippen molar-refractivity contribution in [3.63, 3.8) is 0 Å². The summed E-state index contributed by atoms with van der Waals surface area (Å²) in [7, 11) is 0. The maximum Gasteiger partial charge on any atom is 0.170 e. The molecular formula is C15H15N3O2. The molecule has 0 aliphatic heterocycles. The Balaban J connectivity index is 2.61. The molecule has 102 valence electrons. The molecule has 20 heavy (non-hydrogen) atoms. The van der Waals surface area contributed by atoms with Crippen molar-refractivity contribution >= 4 is 22.9 Å². The zero-order valence-corrected chi connectivity index (χ0v) is 11.6. The molecule has 2 heterocycles. The Kier molecular flexibility index (Phi) is 3.85. The van der Waals surface area contributed by atoms with E-state index in [1.165, 1.54) is 6.92 Å². The second kappa shape index (κ2) is 5.57. The molecule has 2 aromatic heterocycles. The van der Waals surface area contributed by atoms with Crippen molar-refractivity contribution in [3.8, 4) is 11.8 Å². The number of allylic oxidation sites excluding steroid dienone is 1. The summed E-state index contributed by atoms with van der Waals surface area (Å²) >= 11 is 0. The lowest BCUT2D eigenvalue weighted by Gasteiger charge is -2.10.